The third-order valence-electron chi connectivity index (χ3n) is 2.11. The zero-order valence-electron chi connectivity index (χ0n) is 7.87. The Morgan fingerprint density at radius 3 is 3.00 bits per heavy atom. The zero-order chi connectivity index (χ0) is 10.1. The first-order chi connectivity index (χ1) is 6.70. The Morgan fingerprint density at radius 1 is 1.50 bits per heavy atom. The molecule has 0 aliphatic carbocycles. The molecule has 14 heavy (non-hydrogen) atoms. The maximum atomic E-state index is 11.4. The number of nitrogens with two attached hydrogens (primary N) is 1. The fourth-order valence-electron chi connectivity index (χ4n) is 1.37. The van der Waals surface area contributed by atoms with Crippen LogP contribution < -0.4 is 11.3 Å². The maximum Gasteiger partial charge on any atom is 0.271 e. The van der Waals surface area contributed by atoms with Gasteiger partial charge in [0.2, 0.25) is 0 Å². The molecule has 0 aliphatic heterocycles. The van der Waals surface area contributed by atoms with Crippen LogP contribution in [-0.4, -0.2) is 9.97 Å². The summed E-state index contributed by atoms with van der Waals surface area (Å²) >= 11 is 0. The van der Waals surface area contributed by atoms with Crippen LogP contribution in [0.4, 0.5) is 0 Å². The van der Waals surface area contributed by atoms with Gasteiger partial charge in [-0.05, 0) is 24.6 Å². The number of aromatic nitrogens is 2. The van der Waals surface area contributed by atoms with Crippen molar-refractivity contribution in [1.29, 1.82) is 0 Å². The lowest BCUT2D eigenvalue weighted by atomic mass is 10.2. The fraction of sp³-hybridized carbons (Fsp3) is 0.200. The lowest BCUT2D eigenvalue weighted by Gasteiger charge is -2.00. The number of hydrogen-bond donors (Lipinski definition) is 2. The second-order valence-corrected chi connectivity index (χ2v) is 3.24. The van der Waals surface area contributed by atoms with Crippen molar-refractivity contribution in [2.45, 2.75) is 13.5 Å². The normalized spacial score (nSPS) is 10.7. The van der Waals surface area contributed by atoms with Crippen molar-refractivity contribution in [3.8, 4) is 0 Å². The molecule has 0 bridgehead atoms. The maximum absolute atomic E-state index is 11.4. The second-order valence-electron chi connectivity index (χ2n) is 3.24. The number of hydrogen-bond acceptors (Lipinski definition) is 3. The highest BCUT2D eigenvalue weighted by Crippen LogP contribution is 2.09. The lowest BCUT2D eigenvalue weighted by Crippen LogP contribution is -2.18. The van der Waals surface area contributed by atoms with E-state index < -0.39 is 0 Å². The minimum atomic E-state index is -0.205. The molecule has 72 valence electrons. The second kappa shape index (κ2) is 3.23. The van der Waals surface area contributed by atoms with Gasteiger partial charge < -0.3 is 10.7 Å². The van der Waals surface area contributed by atoms with E-state index >= 15 is 0 Å². The number of H-pyrrole nitrogens is 1. The first kappa shape index (κ1) is 8.90. The van der Waals surface area contributed by atoms with Gasteiger partial charge >= 0.3 is 0 Å². The molecule has 1 aromatic carbocycles. The smallest absolute Gasteiger partial charge is 0.271 e. The fourth-order valence-corrected chi connectivity index (χ4v) is 1.37. The summed E-state index contributed by atoms with van der Waals surface area (Å²) in [4.78, 5) is 18.3. The number of aromatic amines is 1. The summed E-state index contributed by atoms with van der Waals surface area (Å²) in [6.07, 6.45) is 0. The SMILES string of the molecule is Cc1ccc2[nH]c(=O)c(CN)nc2c1. The van der Waals surface area contributed by atoms with E-state index in [0.717, 1.165) is 16.6 Å². The van der Waals surface area contributed by atoms with Crippen molar-refractivity contribution in [3.05, 3.63) is 39.8 Å². The minimum absolute atomic E-state index is 0.166. The Hall–Kier alpha value is -1.68. The molecule has 0 saturated carbocycles. The van der Waals surface area contributed by atoms with Crippen LogP contribution in [0.2, 0.25) is 0 Å². The molecular formula is C10H11N3O. The third kappa shape index (κ3) is 1.40. The van der Waals surface area contributed by atoms with Gasteiger partial charge in [0.15, 0.2) is 0 Å². The van der Waals surface area contributed by atoms with Gasteiger partial charge in [0.05, 0.1) is 11.0 Å². The molecule has 1 heterocycles. The Kier molecular flexibility index (Phi) is 2.05. The molecule has 1 aromatic heterocycles. The highest BCUT2D eigenvalue weighted by molar-refractivity contribution is 5.74. The Labute approximate surface area is 80.8 Å². The molecule has 0 saturated heterocycles. The van der Waals surface area contributed by atoms with Gasteiger partial charge in [-0.15, -0.1) is 0 Å². The van der Waals surface area contributed by atoms with Gasteiger partial charge in [-0.2, -0.15) is 0 Å². The predicted molar refractivity (Wildman–Crippen MR) is 55.0 cm³/mol. The number of fused-ring (bicyclic) bond motifs is 1. The number of nitrogens with one attached hydrogen (secondary N) is 1. The molecular weight excluding hydrogens is 178 g/mol. The first-order valence-electron chi connectivity index (χ1n) is 4.40. The van der Waals surface area contributed by atoms with E-state index in [1.807, 2.05) is 25.1 Å². The van der Waals surface area contributed by atoms with E-state index in [1.165, 1.54) is 0 Å². The summed E-state index contributed by atoms with van der Waals surface area (Å²) in [6, 6.07) is 5.70. The summed E-state index contributed by atoms with van der Waals surface area (Å²) in [5, 5.41) is 0. The molecule has 4 nitrogen and oxygen atoms in total. The molecule has 0 spiro atoms. The summed E-state index contributed by atoms with van der Waals surface area (Å²) < 4.78 is 0. The molecule has 0 unspecified atom stereocenters. The van der Waals surface area contributed by atoms with Gasteiger partial charge in [-0.3, -0.25) is 4.79 Å². The van der Waals surface area contributed by atoms with Gasteiger partial charge in [-0.25, -0.2) is 4.98 Å². The van der Waals surface area contributed by atoms with Crippen molar-refractivity contribution in [3.63, 3.8) is 0 Å². The Morgan fingerprint density at radius 2 is 2.29 bits per heavy atom. The predicted octanol–water partition coefficient (Wildman–Crippen LogP) is 0.690. The molecule has 0 aliphatic rings. The number of rotatable bonds is 1. The van der Waals surface area contributed by atoms with E-state index in [4.69, 9.17) is 5.73 Å². The molecule has 2 rings (SSSR count). The molecule has 0 fully saturated rings. The van der Waals surface area contributed by atoms with Crippen LogP contribution in [0.15, 0.2) is 23.0 Å². The van der Waals surface area contributed by atoms with E-state index in [0.29, 0.717) is 5.69 Å². The van der Waals surface area contributed by atoms with Gasteiger partial charge in [-0.1, -0.05) is 6.07 Å². The van der Waals surface area contributed by atoms with Crippen molar-refractivity contribution in [1.82, 2.24) is 9.97 Å². The molecule has 0 radical (unpaired) electrons. The standard InChI is InChI=1S/C10H11N3O/c1-6-2-3-7-8(4-6)12-9(5-11)10(14)13-7/h2-4H,5,11H2,1H3,(H,13,14). The number of nitrogens with zero attached hydrogens (tertiary/aromatic N) is 1. The van der Waals surface area contributed by atoms with Gasteiger partial charge in [0.25, 0.3) is 5.56 Å². The van der Waals surface area contributed by atoms with Crippen LogP contribution in [0.5, 0.6) is 0 Å². The molecule has 2 aromatic rings. The Bertz CT molecular complexity index is 530. The van der Waals surface area contributed by atoms with Crippen molar-refractivity contribution < 1.29 is 0 Å². The first-order valence-corrected chi connectivity index (χ1v) is 4.40. The highest BCUT2D eigenvalue weighted by atomic mass is 16.1. The topological polar surface area (TPSA) is 71.8 Å². The quantitative estimate of drug-likeness (QED) is 0.693. The highest BCUT2D eigenvalue weighted by Gasteiger charge is 2.02. The monoisotopic (exact) mass is 189 g/mol. The largest absolute Gasteiger partial charge is 0.325 e. The van der Waals surface area contributed by atoms with E-state index in [9.17, 15) is 4.79 Å². The Balaban J connectivity index is 2.80. The van der Waals surface area contributed by atoms with Crippen LogP contribution in [0.25, 0.3) is 11.0 Å². The average molecular weight is 189 g/mol. The van der Waals surface area contributed by atoms with Crippen molar-refractivity contribution >= 4 is 11.0 Å². The lowest BCUT2D eigenvalue weighted by molar-refractivity contribution is 0.959. The van der Waals surface area contributed by atoms with Crippen LogP contribution in [0.3, 0.4) is 0 Å². The van der Waals surface area contributed by atoms with E-state index in [2.05, 4.69) is 9.97 Å². The average Bonchev–Trinajstić information content (AvgIpc) is 2.17. The summed E-state index contributed by atoms with van der Waals surface area (Å²) in [5.74, 6) is 0. The summed E-state index contributed by atoms with van der Waals surface area (Å²) in [6.45, 7) is 2.15. The van der Waals surface area contributed by atoms with Crippen LogP contribution >= 0.6 is 0 Å². The van der Waals surface area contributed by atoms with Crippen LogP contribution in [0, 0.1) is 6.92 Å². The van der Waals surface area contributed by atoms with E-state index in [-0.39, 0.29) is 12.1 Å². The minimum Gasteiger partial charge on any atom is -0.325 e. The van der Waals surface area contributed by atoms with Gasteiger partial charge in [0.1, 0.15) is 5.69 Å². The van der Waals surface area contributed by atoms with Crippen molar-refractivity contribution in [2.75, 3.05) is 0 Å². The van der Waals surface area contributed by atoms with Crippen LogP contribution in [-0.2, 0) is 6.54 Å². The number of aryl methyl sites for hydroxylation is 1. The summed E-state index contributed by atoms with van der Waals surface area (Å²) in [7, 11) is 0. The third-order valence-corrected chi connectivity index (χ3v) is 2.11. The zero-order valence-corrected chi connectivity index (χ0v) is 7.87. The molecule has 0 amide bonds. The number of benzene rings is 1. The molecule has 4 heteroatoms. The molecule has 3 N–H and O–H groups in total. The molecule has 0 atom stereocenters. The van der Waals surface area contributed by atoms with E-state index in [1.54, 1.807) is 0 Å². The van der Waals surface area contributed by atoms with Crippen molar-refractivity contribution in [2.24, 2.45) is 5.73 Å². The van der Waals surface area contributed by atoms with Crippen LogP contribution in [0.1, 0.15) is 11.3 Å². The van der Waals surface area contributed by atoms with Gasteiger partial charge in [0, 0.05) is 6.54 Å². The summed E-state index contributed by atoms with van der Waals surface area (Å²) in [5.41, 5.74) is 8.21.